The average Bonchev–Trinajstić information content (AvgIpc) is 3.39. The number of carboxylic acids is 1. The number of nitrogens with two attached hydrogens (primary N) is 1. The predicted molar refractivity (Wildman–Crippen MR) is 142 cm³/mol. The smallest absolute Gasteiger partial charge is 0.326 e. The Hall–Kier alpha value is -3.23. The zero-order chi connectivity index (χ0) is 27.4. The molecule has 0 saturated heterocycles. The lowest BCUT2D eigenvalue weighted by Crippen LogP contribution is -2.58. The van der Waals surface area contributed by atoms with Crippen molar-refractivity contribution in [3.05, 3.63) is 48.0 Å². The molecule has 4 atom stereocenters. The lowest BCUT2D eigenvalue weighted by atomic mass is 10.0. The van der Waals surface area contributed by atoms with E-state index in [4.69, 9.17) is 5.73 Å². The van der Waals surface area contributed by atoms with E-state index < -0.39 is 47.9 Å². The van der Waals surface area contributed by atoms with Gasteiger partial charge in [-0.2, -0.15) is 24.4 Å². The molecule has 12 nitrogen and oxygen atoms in total. The summed E-state index contributed by atoms with van der Waals surface area (Å²) in [5, 5.41) is 26.8. The Morgan fingerprint density at radius 3 is 2.22 bits per heavy atom. The zero-order valence-corrected chi connectivity index (χ0v) is 21.9. The third kappa shape index (κ3) is 9.98. The minimum absolute atomic E-state index is 0.0224. The Kier molecular flexibility index (Phi) is 12.3. The van der Waals surface area contributed by atoms with Gasteiger partial charge >= 0.3 is 5.97 Å². The molecule has 2 rings (SSSR count). The molecule has 3 amide bonds. The first kappa shape index (κ1) is 30.0. The number of carboxylic acid groups (broad SMARTS) is 1. The van der Waals surface area contributed by atoms with Crippen LogP contribution in [0.3, 0.4) is 0 Å². The van der Waals surface area contributed by atoms with Crippen LogP contribution in [0.15, 0.2) is 36.8 Å². The van der Waals surface area contributed by atoms with Gasteiger partial charge in [0.25, 0.3) is 0 Å². The maximum atomic E-state index is 13.3. The van der Waals surface area contributed by atoms with Crippen LogP contribution in [0.25, 0.3) is 0 Å². The van der Waals surface area contributed by atoms with Crippen molar-refractivity contribution >= 4 is 48.1 Å². The number of amides is 3. The Balaban J connectivity index is 2.19. The number of hydrogen-bond donors (Lipinski definition) is 8. The van der Waals surface area contributed by atoms with Crippen LogP contribution in [0.4, 0.5) is 0 Å². The quantitative estimate of drug-likeness (QED) is 0.134. The van der Waals surface area contributed by atoms with Gasteiger partial charge in [-0.15, -0.1) is 0 Å². The topological polar surface area (TPSA) is 200 Å². The van der Waals surface area contributed by atoms with Crippen molar-refractivity contribution in [1.82, 2.24) is 25.9 Å². The van der Waals surface area contributed by atoms with Crippen LogP contribution in [0, 0.1) is 0 Å². The minimum Gasteiger partial charge on any atom is -0.508 e. The summed E-state index contributed by atoms with van der Waals surface area (Å²) in [6, 6.07) is 1.76. The van der Waals surface area contributed by atoms with Gasteiger partial charge in [0, 0.05) is 30.5 Å². The maximum Gasteiger partial charge on any atom is 0.326 e. The second-order valence-electron chi connectivity index (χ2n) is 8.24. The third-order valence-electron chi connectivity index (χ3n) is 5.38. The number of nitrogens with zero attached hydrogens (tertiary/aromatic N) is 1. The van der Waals surface area contributed by atoms with Crippen molar-refractivity contribution in [3.63, 3.8) is 0 Å². The number of aliphatic carboxylic acids is 1. The molecular weight excluding hydrogens is 520 g/mol. The number of hydrogen-bond acceptors (Lipinski definition) is 9. The number of imidazole rings is 1. The lowest BCUT2D eigenvalue weighted by Gasteiger charge is -2.25. The molecular formula is C23H32N6O6S2. The molecule has 2 aromatic rings. The SMILES string of the molecule is CSCCC(NC(=O)C(Cc1ccc(O)cc1)NC(=O)C(N)CS)C(=O)NC(Cc1cnc[nH]1)C(=O)O. The first-order chi connectivity index (χ1) is 17.6. The molecule has 202 valence electrons. The average molecular weight is 553 g/mol. The van der Waals surface area contributed by atoms with Gasteiger partial charge in [-0.3, -0.25) is 14.4 Å². The van der Waals surface area contributed by atoms with Crippen molar-refractivity contribution in [2.75, 3.05) is 17.8 Å². The molecule has 0 bridgehead atoms. The highest BCUT2D eigenvalue weighted by Crippen LogP contribution is 2.12. The number of phenols is 1. The molecule has 8 N–H and O–H groups in total. The Morgan fingerprint density at radius 2 is 1.65 bits per heavy atom. The molecule has 0 aliphatic rings. The standard InChI is InChI=1S/C23H32N6O6S2/c1-37-7-6-17(21(32)29-19(23(34)35)9-14-10-25-12-26-14)27-22(33)18(28-20(31)16(24)11-36)8-13-2-4-15(30)5-3-13/h2-5,10,12,16-19,30,36H,6-9,11,24H2,1H3,(H,25,26)(H,27,33)(H,28,31)(H,29,32)(H,34,35). The molecule has 0 aliphatic heterocycles. The highest BCUT2D eigenvalue weighted by Gasteiger charge is 2.30. The normalized spacial score (nSPS) is 14.1. The van der Waals surface area contributed by atoms with Gasteiger partial charge in [0.2, 0.25) is 17.7 Å². The van der Waals surface area contributed by atoms with Crippen LogP contribution in [0.1, 0.15) is 17.7 Å². The van der Waals surface area contributed by atoms with Crippen LogP contribution >= 0.6 is 24.4 Å². The van der Waals surface area contributed by atoms with Crippen LogP contribution in [-0.4, -0.2) is 85.8 Å². The summed E-state index contributed by atoms with van der Waals surface area (Å²) >= 11 is 5.47. The number of aromatic nitrogens is 2. The summed E-state index contributed by atoms with van der Waals surface area (Å²) in [4.78, 5) is 57.1. The van der Waals surface area contributed by atoms with Gasteiger partial charge in [-0.1, -0.05) is 12.1 Å². The van der Waals surface area contributed by atoms with E-state index in [0.29, 0.717) is 17.0 Å². The first-order valence-corrected chi connectivity index (χ1v) is 13.4. The zero-order valence-electron chi connectivity index (χ0n) is 20.2. The molecule has 0 radical (unpaired) electrons. The molecule has 1 heterocycles. The predicted octanol–water partition coefficient (Wildman–Crippen LogP) is -0.550. The minimum atomic E-state index is -1.25. The van der Waals surface area contributed by atoms with E-state index in [1.165, 1.54) is 36.4 Å². The van der Waals surface area contributed by atoms with Gasteiger partial charge in [-0.25, -0.2) is 9.78 Å². The molecule has 37 heavy (non-hydrogen) atoms. The number of carbonyl (C=O) groups is 4. The molecule has 14 heteroatoms. The van der Waals surface area contributed by atoms with Gasteiger partial charge in [0.1, 0.15) is 23.9 Å². The second kappa shape index (κ2) is 15.1. The van der Waals surface area contributed by atoms with Crippen LogP contribution in [0.2, 0.25) is 0 Å². The fourth-order valence-corrected chi connectivity index (χ4v) is 3.94. The highest BCUT2D eigenvalue weighted by molar-refractivity contribution is 7.98. The molecule has 0 fully saturated rings. The number of nitrogens with one attached hydrogen (secondary N) is 4. The molecule has 4 unspecified atom stereocenters. The molecule has 1 aromatic carbocycles. The first-order valence-electron chi connectivity index (χ1n) is 11.4. The van der Waals surface area contributed by atoms with E-state index in [1.807, 2.05) is 6.26 Å². The number of benzene rings is 1. The largest absolute Gasteiger partial charge is 0.508 e. The number of aromatic hydroxyl groups is 1. The van der Waals surface area contributed by atoms with Crippen molar-refractivity contribution in [2.45, 2.75) is 43.4 Å². The summed E-state index contributed by atoms with van der Waals surface area (Å²) in [7, 11) is 0. The Labute approximate surface area is 224 Å². The molecule has 0 spiro atoms. The fraction of sp³-hybridized carbons (Fsp3) is 0.435. The molecule has 0 saturated carbocycles. The van der Waals surface area contributed by atoms with E-state index in [-0.39, 0.29) is 30.8 Å². The number of aromatic amines is 1. The van der Waals surface area contributed by atoms with Crippen molar-refractivity contribution in [2.24, 2.45) is 5.73 Å². The fourth-order valence-electron chi connectivity index (χ4n) is 3.30. The van der Waals surface area contributed by atoms with E-state index in [1.54, 1.807) is 12.1 Å². The number of thiol groups is 1. The number of rotatable bonds is 15. The molecule has 1 aromatic heterocycles. The number of carbonyl (C=O) groups excluding carboxylic acids is 3. The van der Waals surface area contributed by atoms with Crippen LogP contribution < -0.4 is 21.7 Å². The van der Waals surface area contributed by atoms with Gasteiger partial charge in [-0.05, 0) is 36.1 Å². The number of thioether (sulfide) groups is 1. The Bertz CT molecular complexity index is 1040. The molecule has 0 aliphatic carbocycles. The summed E-state index contributed by atoms with van der Waals surface area (Å²) < 4.78 is 0. The summed E-state index contributed by atoms with van der Waals surface area (Å²) in [6.45, 7) is 0. The number of H-pyrrole nitrogens is 1. The van der Waals surface area contributed by atoms with E-state index in [2.05, 4.69) is 38.5 Å². The summed E-state index contributed by atoms with van der Waals surface area (Å²) in [5.74, 6) is -2.53. The third-order valence-corrected chi connectivity index (χ3v) is 6.42. The van der Waals surface area contributed by atoms with E-state index >= 15 is 0 Å². The Morgan fingerprint density at radius 1 is 1.03 bits per heavy atom. The van der Waals surface area contributed by atoms with Crippen LogP contribution in [0.5, 0.6) is 5.75 Å². The maximum absolute atomic E-state index is 13.3. The van der Waals surface area contributed by atoms with Crippen LogP contribution in [-0.2, 0) is 32.0 Å². The second-order valence-corrected chi connectivity index (χ2v) is 9.59. The summed E-state index contributed by atoms with van der Waals surface area (Å²) in [6.07, 6.45) is 4.96. The van der Waals surface area contributed by atoms with Gasteiger partial charge < -0.3 is 36.9 Å². The number of phenolic OH excluding ortho intramolecular Hbond substituents is 1. The van der Waals surface area contributed by atoms with E-state index in [0.717, 1.165) is 0 Å². The van der Waals surface area contributed by atoms with Crippen molar-refractivity contribution in [1.29, 1.82) is 0 Å². The lowest BCUT2D eigenvalue weighted by molar-refractivity contribution is -0.142. The van der Waals surface area contributed by atoms with Crippen molar-refractivity contribution < 1.29 is 29.4 Å². The van der Waals surface area contributed by atoms with E-state index in [9.17, 15) is 29.4 Å². The van der Waals surface area contributed by atoms with Crippen molar-refractivity contribution in [3.8, 4) is 5.75 Å². The highest BCUT2D eigenvalue weighted by atomic mass is 32.2. The van der Waals surface area contributed by atoms with Gasteiger partial charge in [0.05, 0.1) is 12.4 Å². The monoisotopic (exact) mass is 552 g/mol. The summed E-state index contributed by atoms with van der Waals surface area (Å²) in [5.41, 5.74) is 6.92. The van der Waals surface area contributed by atoms with Gasteiger partial charge in [0.15, 0.2) is 0 Å².